The summed E-state index contributed by atoms with van der Waals surface area (Å²) < 4.78 is 76.7. The molecule has 1 saturated heterocycles. The third-order valence-corrected chi connectivity index (χ3v) is 5.96. The number of nitrogens with zero attached hydrogens (tertiary/aromatic N) is 1. The average molecular weight is 449 g/mol. The molecule has 0 aliphatic carbocycles. The van der Waals surface area contributed by atoms with Gasteiger partial charge in [0.2, 0.25) is 0 Å². The Hall–Kier alpha value is -2.96. The summed E-state index contributed by atoms with van der Waals surface area (Å²) >= 11 is 0. The van der Waals surface area contributed by atoms with Crippen molar-refractivity contribution in [2.24, 2.45) is 0 Å². The predicted octanol–water partition coefficient (Wildman–Crippen LogP) is 7.78. The van der Waals surface area contributed by atoms with E-state index in [4.69, 9.17) is 0 Å². The lowest BCUT2D eigenvalue weighted by molar-refractivity contribution is -0.138. The second-order valence-electron chi connectivity index (χ2n) is 8.01. The Kier molecular flexibility index (Phi) is 5.93. The molecule has 0 unspecified atom stereocenters. The van der Waals surface area contributed by atoms with Crippen LogP contribution < -0.4 is 4.90 Å². The maximum Gasteiger partial charge on any atom is 0.416 e. The summed E-state index contributed by atoms with van der Waals surface area (Å²) in [5.74, 6) is 0.287. The van der Waals surface area contributed by atoms with Crippen LogP contribution in [0.25, 0.3) is 11.1 Å². The first-order chi connectivity index (χ1) is 15.1. The molecule has 7 heteroatoms. The highest BCUT2D eigenvalue weighted by Crippen LogP contribution is 2.35. The van der Waals surface area contributed by atoms with Crippen molar-refractivity contribution in [3.63, 3.8) is 0 Å². The average Bonchev–Trinajstić information content (AvgIpc) is 2.78. The van der Waals surface area contributed by atoms with Gasteiger partial charge in [0.05, 0.1) is 11.1 Å². The minimum atomic E-state index is -4.36. The first-order valence-electron chi connectivity index (χ1n) is 10.3. The van der Waals surface area contributed by atoms with Crippen LogP contribution in [0.3, 0.4) is 0 Å². The lowest BCUT2D eigenvalue weighted by Crippen LogP contribution is -2.32. The van der Waals surface area contributed by atoms with E-state index >= 15 is 0 Å². The van der Waals surface area contributed by atoms with Gasteiger partial charge in [-0.25, -0.2) is 0 Å². The van der Waals surface area contributed by atoms with Crippen molar-refractivity contribution in [2.75, 3.05) is 18.0 Å². The summed E-state index contributed by atoms with van der Waals surface area (Å²) in [6.45, 7) is 1.45. The molecule has 32 heavy (non-hydrogen) atoms. The molecule has 1 aliphatic heterocycles. The van der Waals surface area contributed by atoms with E-state index < -0.39 is 23.5 Å². The molecule has 0 N–H and O–H groups in total. The standard InChI is InChI=1S/C25H21F6N/c26-24(27,28)21-6-4-17(5-7-21)19-2-1-3-20(16-19)18-12-14-32(15-13-18)23-10-8-22(9-11-23)25(29,30)31/h1-11,16,18H,12-15H2. The third-order valence-electron chi connectivity index (χ3n) is 5.96. The van der Waals surface area contributed by atoms with Crippen molar-refractivity contribution in [1.82, 2.24) is 0 Å². The SMILES string of the molecule is FC(F)(F)c1ccc(-c2cccc(C3CCN(c4ccc(C(F)(F)F)cc4)CC3)c2)cc1. The number of benzene rings is 3. The summed E-state index contributed by atoms with van der Waals surface area (Å²) in [5.41, 5.74) is 2.15. The van der Waals surface area contributed by atoms with E-state index in [0.717, 1.165) is 72.6 Å². The zero-order valence-corrected chi connectivity index (χ0v) is 17.0. The maximum atomic E-state index is 12.8. The van der Waals surface area contributed by atoms with E-state index in [1.165, 1.54) is 24.3 Å². The number of halogens is 6. The lowest BCUT2D eigenvalue weighted by Gasteiger charge is -2.34. The minimum absolute atomic E-state index is 0.287. The van der Waals surface area contributed by atoms with Crippen LogP contribution in [0.4, 0.5) is 32.0 Å². The Bertz CT molecular complexity index is 1040. The van der Waals surface area contributed by atoms with Crippen LogP contribution in [0.5, 0.6) is 0 Å². The van der Waals surface area contributed by atoms with Crippen LogP contribution in [0.15, 0.2) is 72.8 Å². The number of alkyl halides is 6. The molecule has 1 aliphatic rings. The molecular weight excluding hydrogens is 428 g/mol. The highest BCUT2D eigenvalue weighted by atomic mass is 19.4. The van der Waals surface area contributed by atoms with Crippen LogP contribution in [0.1, 0.15) is 35.4 Å². The Morgan fingerprint density at radius 2 is 1.16 bits per heavy atom. The molecule has 3 aromatic carbocycles. The van der Waals surface area contributed by atoms with E-state index in [1.807, 2.05) is 24.3 Å². The molecule has 3 aromatic rings. The topological polar surface area (TPSA) is 3.24 Å². The quantitative estimate of drug-likeness (QED) is 0.369. The largest absolute Gasteiger partial charge is 0.416 e. The summed E-state index contributed by atoms with van der Waals surface area (Å²) in [6.07, 6.45) is -7.01. The molecule has 1 nitrogen and oxygen atoms in total. The van der Waals surface area contributed by atoms with Gasteiger partial charge in [-0.1, -0.05) is 36.4 Å². The van der Waals surface area contributed by atoms with E-state index in [-0.39, 0.29) is 5.92 Å². The Morgan fingerprint density at radius 3 is 1.69 bits per heavy atom. The molecule has 168 valence electrons. The Morgan fingerprint density at radius 1 is 0.625 bits per heavy atom. The summed E-state index contributed by atoms with van der Waals surface area (Å²) in [6, 6.07) is 18.2. The van der Waals surface area contributed by atoms with Gasteiger partial charge in [-0.15, -0.1) is 0 Å². The van der Waals surface area contributed by atoms with Gasteiger partial charge in [0.1, 0.15) is 0 Å². The zero-order valence-electron chi connectivity index (χ0n) is 17.0. The molecule has 0 spiro atoms. The molecule has 0 atom stereocenters. The fraction of sp³-hybridized carbons (Fsp3) is 0.280. The lowest BCUT2D eigenvalue weighted by atomic mass is 9.87. The number of rotatable bonds is 3. The Balaban J connectivity index is 1.43. The van der Waals surface area contributed by atoms with Crippen LogP contribution in [-0.2, 0) is 12.4 Å². The van der Waals surface area contributed by atoms with Gasteiger partial charge >= 0.3 is 12.4 Å². The first kappa shape index (κ1) is 22.2. The number of hydrogen-bond acceptors (Lipinski definition) is 1. The van der Waals surface area contributed by atoms with E-state index in [1.54, 1.807) is 0 Å². The summed E-state index contributed by atoms with van der Waals surface area (Å²) in [5, 5.41) is 0. The van der Waals surface area contributed by atoms with E-state index in [2.05, 4.69) is 4.90 Å². The predicted molar refractivity (Wildman–Crippen MR) is 113 cm³/mol. The normalized spacial score (nSPS) is 15.8. The van der Waals surface area contributed by atoms with Crippen molar-refractivity contribution in [1.29, 1.82) is 0 Å². The van der Waals surface area contributed by atoms with Crippen molar-refractivity contribution in [3.8, 4) is 11.1 Å². The number of anilines is 1. The van der Waals surface area contributed by atoms with Crippen molar-refractivity contribution >= 4 is 5.69 Å². The third kappa shape index (κ3) is 4.92. The van der Waals surface area contributed by atoms with Gasteiger partial charge < -0.3 is 4.90 Å². The van der Waals surface area contributed by atoms with Crippen molar-refractivity contribution in [2.45, 2.75) is 31.1 Å². The molecule has 0 saturated carbocycles. The van der Waals surface area contributed by atoms with Crippen LogP contribution in [0.2, 0.25) is 0 Å². The van der Waals surface area contributed by atoms with Gasteiger partial charge in [-0.3, -0.25) is 0 Å². The second kappa shape index (κ2) is 8.52. The zero-order chi connectivity index (χ0) is 22.9. The molecule has 1 heterocycles. The highest BCUT2D eigenvalue weighted by molar-refractivity contribution is 5.65. The summed E-state index contributed by atoms with van der Waals surface area (Å²) in [7, 11) is 0. The highest BCUT2D eigenvalue weighted by Gasteiger charge is 2.31. The number of hydrogen-bond donors (Lipinski definition) is 0. The van der Waals surface area contributed by atoms with Crippen molar-refractivity contribution in [3.05, 3.63) is 89.5 Å². The van der Waals surface area contributed by atoms with Gasteiger partial charge in [-0.05, 0) is 71.8 Å². The summed E-state index contributed by atoms with van der Waals surface area (Å²) in [4.78, 5) is 2.08. The van der Waals surface area contributed by atoms with Crippen LogP contribution in [-0.4, -0.2) is 13.1 Å². The smallest absolute Gasteiger partial charge is 0.371 e. The van der Waals surface area contributed by atoms with Crippen LogP contribution >= 0.6 is 0 Å². The molecule has 0 amide bonds. The molecule has 0 radical (unpaired) electrons. The first-order valence-corrected chi connectivity index (χ1v) is 10.3. The minimum Gasteiger partial charge on any atom is -0.371 e. The van der Waals surface area contributed by atoms with E-state index in [9.17, 15) is 26.3 Å². The van der Waals surface area contributed by atoms with Gasteiger partial charge in [-0.2, -0.15) is 26.3 Å². The molecule has 0 aromatic heterocycles. The fourth-order valence-electron chi connectivity index (χ4n) is 4.16. The van der Waals surface area contributed by atoms with Gasteiger partial charge in [0.15, 0.2) is 0 Å². The van der Waals surface area contributed by atoms with Crippen LogP contribution in [0, 0.1) is 0 Å². The molecule has 4 rings (SSSR count). The van der Waals surface area contributed by atoms with Crippen molar-refractivity contribution < 1.29 is 26.3 Å². The molecule has 0 bridgehead atoms. The maximum absolute atomic E-state index is 12.8. The Labute approximate surface area is 182 Å². The molecule has 1 fully saturated rings. The number of piperidine rings is 1. The molecular formula is C25H21F6N. The van der Waals surface area contributed by atoms with Gasteiger partial charge in [0.25, 0.3) is 0 Å². The monoisotopic (exact) mass is 449 g/mol. The van der Waals surface area contributed by atoms with Gasteiger partial charge in [0, 0.05) is 18.8 Å². The fourth-order valence-corrected chi connectivity index (χ4v) is 4.16. The second-order valence-corrected chi connectivity index (χ2v) is 8.01. The van der Waals surface area contributed by atoms with E-state index in [0.29, 0.717) is 0 Å².